The van der Waals surface area contributed by atoms with Crippen LogP contribution in [0.1, 0.15) is 16.8 Å². The summed E-state index contributed by atoms with van der Waals surface area (Å²) in [4.78, 5) is 17.5. The van der Waals surface area contributed by atoms with Crippen LogP contribution < -0.4 is 0 Å². The lowest BCUT2D eigenvalue weighted by Crippen LogP contribution is -2.00. The number of aryl methyl sites for hydroxylation is 1. The molecule has 0 fully saturated rings. The van der Waals surface area contributed by atoms with Crippen LogP contribution in [0, 0.1) is 6.92 Å². The Balaban J connectivity index is 1.65. The minimum Gasteiger partial charge on any atom is -0.294 e. The molecule has 178 valence electrons. The van der Waals surface area contributed by atoms with Crippen LogP contribution in [-0.2, 0) is 11.2 Å². The lowest BCUT2D eigenvalue weighted by molar-refractivity contribution is -0.113. The summed E-state index contributed by atoms with van der Waals surface area (Å²) in [5.74, 6) is -0.0491. The van der Waals surface area contributed by atoms with E-state index in [-0.39, 0.29) is 12.2 Å². The number of benzene rings is 3. The van der Waals surface area contributed by atoms with Gasteiger partial charge in [-0.15, -0.1) is 0 Å². The van der Waals surface area contributed by atoms with Gasteiger partial charge in [-0.3, -0.25) is 4.79 Å². The van der Waals surface area contributed by atoms with E-state index in [1.807, 2.05) is 73.7 Å². The first-order chi connectivity index (χ1) is 17.4. The number of hydrogen-bond acceptors (Lipinski definition) is 3. The van der Waals surface area contributed by atoms with Crippen LogP contribution in [0.15, 0.2) is 89.4 Å². The van der Waals surface area contributed by atoms with Gasteiger partial charge in [-0.1, -0.05) is 81.6 Å². The molecular weight excluding hydrogens is 557 g/mol. The SMILES string of the molecule is Cc1nn(-c2ccccc2)c2nc(Cl)c(/C=C/C(=O)Cc3ccc(Cl)cc3)c(-c3ccc(Br)cc3)c12. The maximum atomic E-state index is 12.8. The van der Waals surface area contributed by atoms with Gasteiger partial charge < -0.3 is 0 Å². The van der Waals surface area contributed by atoms with Gasteiger partial charge in [0.2, 0.25) is 0 Å². The summed E-state index contributed by atoms with van der Waals surface area (Å²) in [5.41, 5.74) is 5.76. The van der Waals surface area contributed by atoms with Crippen molar-refractivity contribution < 1.29 is 4.79 Å². The number of rotatable bonds is 6. The molecule has 5 rings (SSSR count). The molecule has 0 atom stereocenters. The number of carbonyl (C=O) groups excluding carboxylic acids is 1. The first kappa shape index (κ1) is 24.4. The zero-order chi connectivity index (χ0) is 25.2. The number of nitrogens with zero attached hydrogens (tertiary/aromatic N) is 3. The van der Waals surface area contributed by atoms with Crippen molar-refractivity contribution in [3.63, 3.8) is 0 Å². The molecule has 0 saturated carbocycles. The van der Waals surface area contributed by atoms with Crippen LogP contribution in [0.3, 0.4) is 0 Å². The normalized spacial score (nSPS) is 11.4. The maximum Gasteiger partial charge on any atom is 0.165 e. The van der Waals surface area contributed by atoms with Gasteiger partial charge in [0.1, 0.15) is 5.15 Å². The minimum atomic E-state index is -0.0491. The third-order valence-corrected chi connectivity index (χ3v) is 6.91. The molecule has 0 saturated heterocycles. The molecule has 0 radical (unpaired) electrons. The highest BCUT2D eigenvalue weighted by atomic mass is 79.9. The topological polar surface area (TPSA) is 47.8 Å². The Labute approximate surface area is 227 Å². The van der Waals surface area contributed by atoms with Crippen LogP contribution in [0.5, 0.6) is 0 Å². The van der Waals surface area contributed by atoms with E-state index in [1.165, 1.54) is 0 Å². The van der Waals surface area contributed by atoms with Crippen molar-refractivity contribution in [3.8, 4) is 16.8 Å². The number of pyridine rings is 1. The quantitative estimate of drug-likeness (QED) is 0.151. The molecule has 36 heavy (non-hydrogen) atoms. The predicted molar refractivity (Wildman–Crippen MR) is 151 cm³/mol. The first-order valence-electron chi connectivity index (χ1n) is 11.3. The van der Waals surface area contributed by atoms with Gasteiger partial charge in [0.05, 0.1) is 16.8 Å². The van der Waals surface area contributed by atoms with Crippen LogP contribution in [-0.4, -0.2) is 20.5 Å². The fraction of sp³-hybridized carbons (Fsp3) is 0.0690. The van der Waals surface area contributed by atoms with Crippen LogP contribution in [0.2, 0.25) is 10.2 Å². The standard InChI is InChI=1S/C29H20BrCl2N3O/c1-18-26-27(20-9-11-21(30)12-10-20)25(16-15-24(36)17-19-7-13-22(31)14-8-19)28(32)33-29(26)35(34-18)23-5-3-2-4-6-23/h2-16H,17H2,1H3/b16-15+. The fourth-order valence-corrected chi connectivity index (χ4v) is 4.79. The first-order valence-corrected chi connectivity index (χ1v) is 12.8. The summed E-state index contributed by atoms with van der Waals surface area (Å²) in [6, 6.07) is 25.1. The molecule has 0 amide bonds. The van der Waals surface area contributed by atoms with Gasteiger partial charge >= 0.3 is 0 Å². The summed E-state index contributed by atoms with van der Waals surface area (Å²) >= 11 is 16.3. The number of halogens is 3. The number of ketones is 1. The molecule has 0 aliphatic rings. The number of fused-ring (bicyclic) bond motifs is 1. The average molecular weight is 577 g/mol. The fourth-order valence-electron chi connectivity index (χ4n) is 4.16. The minimum absolute atomic E-state index is 0.0491. The third kappa shape index (κ3) is 5.00. The Morgan fingerprint density at radius 1 is 0.972 bits per heavy atom. The van der Waals surface area contributed by atoms with Crippen LogP contribution in [0.25, 0.3) is 33.9 Å². The molecule has 0 aliphatic heterocycles. The van der Waals surface area contributed by atoms with Crippen LogP contribution in [0.4, 0.5) is 0 Å². The Morgan fingerprint density at radius 2 is 1.67 bits per heavy atom. The van der Waals surface area contributed by atoms with E-state index in [9.17, 15) is 4.79 Å². The summed E-state index contributed by atoms with van der Waals surface area (Å²) < 4.78 is 2.77. The Kier molecular flexibility index (Phi) is 7.06. The largest absolute Gasteiger partial charge is 0.294 e. The van der Waals surface area contributed by atoms with E-state index in [4.69, 9.17) is 33.3 Å². The molecule has 2 heterocycles. The van der Waals surface area contributed by atoms with E-state index in [0.29, 0.717) is 21.4 Å². The van der Waals surface area contributed by atoms with E-state index in [0.717, 1.165) is 37.9 Å². The van der Waals surface area contributed by atoms with E-state index < -0.39 is 0 Å². The number of para-hydroxylation sites is 1. The van der Waals surface area contributed by atoms with Crippen LogP contribution >= 0.6 is 39.1 Å². The van der Waals surface area contributed by atoms with E-state index in [1.54, 1.807) is 29.0 Å². The molecule has 0 N–H and O–H groups in total. The summed E-state index contributed by atoms with van der Waals surface area (Å²) in [6.45, 7) is 1.96. The average Bonchev–Trinajstić information content (AvgIpc) is 3.20. The molecule has 0 aliphatic carbocycles. The van der Waals surface area contributed by atoms with Crippen molar-refractivity contribution in [2.24, 2.45) is 0 Å². The van der Waals surface area contributed by atoms with Gasteiger partial charge in [-0.05, 0) is 66.6 Å². The van der Waals surface area contributed by atoms with Crippen molar-refractivity contribution in [3.05, 3.63) is 116 Å². The second-order valence-electron chi connectivity index (χ2n) is 8.33. The molecule has 3 aromatic carbocycles. The number of carbonyl (C=O) groups is 1. The lowest BCUT2D eigenvalue weighted by Gasteiger charge is -2.12. The molecule has 0 spiro atoms. The van der Waals surface area contributed by atoms with Gasteiger partial charge in [0.15, 0.2) is 11.4 Å². The van der Waals surface area contributed by atoms with Crippen molar-refractivity contribution in [1.82, 2.24) is 14.8 Å². The monoisotopic (exact) mass is 575 g/mol. The third-order valence-electron chi connectivity index (χ3n) is 5.84. The lowest BCUT2D eigenvalue weighted by atomic mass is 9.96. The van der Waals surface area contributed by atoms with Gasteiger partial charge in [-0.2, -0.15) is 5.10 Å². The number of hydrogen-bond donors (Lipinski definition) is 0. The molecule has 0 bridgehead atoms. The molecule has 4 nitrogen and oxygen atoms in total. The van der Waals surface area contributed by atoms with E-state index >= 15 is 0 Å². The zero-order valence-electron chi connectivity index (χ0n) is 19.3. The number of aromatic nitrogens is 3. The van der Waals surface area contributed by atoms with Gasteiger partial charge in [0, 0.05) is 27.0 Å². The predicted octanol–water partition coefficient (Wildman–Crippen LogP) is 8.29. The molecule has 5 aromatic rings. The van der Waals surface area contributed by atoms with E-state index in [2.05, 4.69) is 15.9 Å². The highest BCUT2D eigenvalue weighted by Gasteiger charge is 2.21. The smallest absolute Gasteiger partial charge is 0.165 e. The molecule has 2 aromatic heterocycles. The summed E-state index contributed by atoms with van der Waals surface area (Å²) in [5, 5.41) is 6.61. The summed E-state index contributed by atoms with van der Waals surface area (Å²) in [7, 11) is 0. The van der Waals surface area contributed by atoms with Crippen molar-refractivity contribution in [1.29, 1.82) is 0 Å². The van der Waals surface area contributed by atoms with Crippen molar-refractivity contribution in [2.75, 3.05) is 0 Å². The van der Waals surface area contributed by atoms with Crippen molar-refractivity contribution in [2.45, 2.75) is 13.3 Å². The highest BCUT2D eigenvalue weighted by Crippen LogP contribution is 2.38. The maximum absolute atomic E-state index is 12.8. The Hall–Kier alpha value is -3.25. The summed E-state index contributed by atoms with van der Waals surface area (Å²) in [6.07, 6.45) is 3.58. The van der Waals surface area contributed by atoms with Gasteiger partial charge in [0.25, 0.3) is 0 Å². The van der Waals surface area contributed by atoms with Crippen molar-refractivity contribution >= 4 is 62.0 Å². The Bertz CT molecular complexity index is 1590. The molecule has 7 heteroatoms. The van der Waals surface area contributed by atoms with Gasteiger partial charge in [-0.25, -0.2) is 9.67 Å². The second kappa shape index (κ2) is 10.4. The highest BCUT2D eigenvalue weighted by molar-refractivity contribution is 9.10. The Morgan fingerprint density at radius 3 is 2.36 bits per heavy atom. The molecule has 0 unspecified atom stereocenters. The molecular formula is C29H20BrCl2N3O. The second-order valence-corrected chi connectivity index (χ2v) is 10.0. The number of allylic oxidation sites excluding steroid dienone is 1. The zero-order valence-corrected chi connectivity index (χ0v) is 22.3.